The van der Waals surface area contributed by atoms with E-state index in [1.165, 1.54) is 0 Å². The van der Waals surface area contributed by atoms with Gasteiger partial charge in [-0.3, -0.25) is 0 Å². The summed E-state index contributed by atoms with van der Waals surface area (Å²) in [6, 6.07) is 15.7. The van der Waals surface area contributed by atoms with Crippen LogP contribution in [0.5, 0.6) is 0 Å². The Morgan fingerprint density at radius 3 is 1.95 bits per heavy atom. The highest BCUT2D eigenvalue weighted by molar-refractivity contribution is 5.98. The van der Waals surface area contributed by atoms with E-state index in [0.29, 0.717) is 0 Å². The molecule has 0 amide bonds. The molecule has 1 aliphatic rings. The predicted molar refractivity (Wildman–Crippen MR) is 81.4 cm³/mol. The van der Waals surface area contributed by atoms with Crippen molar-refractivity contribution in [3.8, 4) is 11.1 Å². The smallest absolute Gasteiger partial charge is 0.437 e. The lowest BCUT2D eigenvalue weighted by Crippen LogP contribution is -2.17. The second kappa shape index (κ2) is 5.48. The summed E-state index contributed by atoms with van der Waals surface area (Å²) >= 11 is 0. The molecular formula is C18H14O4. The topological polar surface area (TPSA) is 52.6 Å². The van der Waals surface area contributed by atoms with Gasteiger partial charge in [0.25, 0.3) is 0 Å². The number of hydrogen-bond acceptors (Lipinski definition) is 4. The average molecular weight is 294 g/mol. The predicted octanol–water partition coefficient (Wildman–Crippen LogP) is 3.66. The van der Waals surface area contributed by atoms with E-state index in [4.69, 9.17) is 0 Å². The number of hydrogen-bond donors (Lipinski definition) is 0. The normalized spacial score (nSPS) is 12.2. The lowest BCUT2D eigenvalue weighted by molar-refractivity contribution is -0.135. The van der Waals surface area contributed by atoms with Gasteiger partial charge >= 0.3 is 12.1 Å². The molecule has 110 valence electrons. The van der Waals surface area contributed by atoms with Crippen LogP contribution >= 0.6 is 0 Å². The molecule has 0 saturated heterocycles. The van der Waals surface area contributed by atoms with Crippen molar-refractivity contribution in [2.75, 3.05) is 7.11 Å². The van der Waals surface area contributed by atoms with E-state index in [9.17, 15) is 9.59 Å². The molecule has 0 atom stereocenters. The van der Waals surface area contributed by atoms with Gasteiger partial charge in [0.05, 0.1) is 7.11 Å². The number of fused-ring (bicyclic) bond motifs is 3. The minimum Gasteiger partial charge on any atom is -0.437 e. The molecule has 0 aliphatic heterocycles. The molecule has 4 heteroatoms. The summed E-state index contributed by atoms with van der Waals surface area (Å²) in [7, 11) is 1.15. The van der Waals surface area contributed by atoms with Crippen LogP contribution in [0.25, 0.3) is 11.1 Å². The first kappa shape index (κ1) is 14.1. The van der Waals surface area contributed by atoms with Gasteiger partial charge in [-0.25, -0.2) is 9.59 Å². The maximum Gasteiger partial charge on any atom is 0.516 e. The Labute approximate surface area is 128 Å². The van der Waals surface area contributed by atoms with Gasteiger partial charge < -0.3 is 9.47 Å². The summed E-state index contributed by atoms with van der Waals surface area (Å²) < 4.78 is 8.95. The highest BCUT2D eigenvalue weighted by Gasteiger charge is 2.33. The van der Waals surface area contributed by atoms with Gasteiger partial charge in [0.2, 0.25) is 0 Å². The van der Waals surface area contributed by atoms with E-state index in [2.05, 4.69) is 16.1 Å². The van der Waals surface area contributed by atoms with E-state index in [1.807, 2.05) is 48.5 Å². The molecule has 22 heavy (non-hydrogen) atoms. The maximum absolute atomic E-state index is 12.1. The highest BCUT2D eigenvalue weighted by atomic mass is 16.7. The first-order valence-electron chi connectivity index (χ1n) is 6.80. The van der Waals surface area contributed by atoms with Crippen LogP contribution in [0, 0.1) is 0 Å². The van der Waals surface area contributed by atoms with Gasteiger partial charge in [-0.2, -0.15) is 0 Å². The summed E-state index contributed by atoms with van der Waals surface area (Å²) in [5.74, 6) is -1.09. The molecule has 0 aromatic heterocycles. The number of methoxy groups -OCH3 is 1. The second-order valence-electron chi connectivity index (χ2n) is 4.98. The first-order chi connectivity index (χ1) is 10.6. The van der Waals surface area contributed by atoms with E-state index in [-0.39, 0.29) is 11.5 Å². The maximum atomic E-state index is 12.1. The fourth-order valence-corrected chi connectivity index (χ4v) is 2.83. The SMILES string of the molecule is C=C(C(=O)OC(=O)OC)C1c2ccccc2-c2ccccc21. The largest absolute Gasteiger partial charge is 0.516 e. The Balaban J connectivity index is 2.02. The monoisotopic (exact) mass is 294 g/mol. The van der Waals surface area contributed by atoms with E-state index >= 15 is 0 Å². The molecule has 1 aliphatic carbocycles. The van der Waals surface area contributed by atoms with Crippen LogP contribution in [-0.4, -0.2) is 19.2 Å². The third-order valence-corrected chi connectivity index (χ3v) is 3.79. The van der Waals surface area contributed by atoms with Crippen molar-refractivity contribution >= 4 is 12.1 Å². The summed E-state index contributed by atoms with van der Waals surface area (Å²) in [6.45, 7) is 3.84. The van der Waals surface area contributed by atoms with Gasteiger partial charge in [0.1, 0.15) is 0 Å². The zero-order chi connectivity index (χ0) is 15.7. The van der Waals surface area contributed by atoms with Gasteiger partial charge in [-0.15, -0.1) is 0 Å². The fourth-order valence-electron chi connectivity index (χ4n) is 2.83. The van der Waals surface area contributed by atoms with Crippen LogP contribution in [0.15, 0.2) is 60.7 Å². The second-order valence-corrected chi connectivity index (χ2v) is 4.98. The summed E-state index contributed by atoms with van der Waals surface area (Å²) in [5, 5.41) is 0. The van der Waals surface area contributed by atoms with Crippen molar-refractivity contribution in [3.63, 3.8) is 0 Å². The molecule has 0 N–H and O–H groups in total. The zero-order valence-electron chi connectivity index (χ0n) is 12.0. The number of esters is 1. The molecular weight excluding hydrogens is 280 g/mol. The van der Waals surface area contributed by atoms with Gasteiger partial charge in [-0.1, -0.05) is 55.1 Å². The molecule has 0 fully saturated rings. The number of carbonyl (C=O) groups excluding carboxylic acids is 2. The summed E-state index contributed by atoms with van der Waals surface area (Å²) in [6.07, 6.45) is -1.04. The van der Waals surface area contributed by atoms with Crippen LogP contribution in [0.2, 0.25) is 0 Å². The molecule has 0 bridgehead atoms. The minimum atomic E-state index is -1.04. The quantitative estimate of drug-likeness (QED) is 0.482. The Morgan fingerprint density at radius 2 is 1.45 bits per heavy atom. The van der Waals surface area contributed by atoms with Gasteiger partial charge in [-0.05, 0) is 22.3 Å². The van der Waals surface area contributed by atoms with Crippen molar-refractivity contribution in [3.05, 3.63) is 71.8 Å². The van der Waals surface area contributed by atoms with E-state index in [1.54, 1.807) is 0 Å². The molecule has 0 saturated carbocycles. The lowest BCUT2D eigenvalue weighted by atomic mass is 9.90. The average Bonchev–Trinajstić information content (AvgIpc) is 2.88. The molecule has 2 aromatic carbocycles. The van der Waals surface area contributed by atoms with Gasteiger partial charge in [0, 0.05) is 11.5 Å². The fraction of sp³-hybridized carbons (Fsp3) is 0.111. The molecule has 3 rings (SSSR count). The molecule has 0 spiro atoms. The van der Waals surface area contributed by atoms with Gasteiger partial charge in [0.15, 0.2) is 0 Å². The summed E-state index contributed by atoms with van der Waals surface area (Å²) in [4.78, 5) is 23.2. The van der Waals surface area contributed by atoms with E-state index < -0.39 is 12.1 Å². The van der Waals surface area contributed by atoms with Crippen molar-refractivity contribution in [1.29, 1.82) is 0 Å². The zero-order valence-corrected chi connectivity index (χ0v) is 12.0. The van der Waals surface area contributed by atoms with Crippen LogP contribution in [0.1, 0.15) is 17.0 Å². The van der Waals surface area contributed by atoms with Crippen LogP contribution < -0.4 is 0 Å². The van der Waals surface area contributed by atoms with Crippen LogP contribution in [0.4, 0.5) is 4.79 Å². The molecule has 0 radical (unpaired) electrons. The Morgan fingerprint density at radius 1 is 0.955 bits per heavy atom. The molecule has 0 unspecified atom stereocenters. The van der Waals surface area contributed by atoms with Crippen LogP contribution in [-0.2, 0) is 14.3 Å². The third kappa shape index (κ3) is 2.19. The first-order valence-corrected chi connectivity index (χ1v) is 6.80. The molecule has 4 nitrogen and oxygen atoms in total. The van der Waals surface area contributed by atoms with Crippen molar-refractivity contribution < 1.29 is 19.1 Å². The number of benzene rings is 2. The Bertz CT molecular complexity index is 731. The molecule has 0 heterocycles. The number of carbonyl (C=O) groups is 2. The van der Waals surface area contributed by atoms with Crippen LogP contribution in [0.3, 0.4) is 0 Å². The lowest BCUT2D eigenvalue weighted by Gasteiger charge is -2.15. The number of ether oxygens (including phenoxy) is 2. The minimum absolute atomic E-state index is 0.211. The summed E-state index contributed by atoms with van der Waals surface area (Å²) in [5.41, 5.74) is 4.30. The van der Waals surface area contributed by atoms with Crippen molar-refractivity contribution in [2.24, 2.45) is 0 Å². The Kier molecular flexibility index (Phi) is 3.51. The Hall–Kier alpha value is -2.88. The van der Waals surface area contributed by atoms with Crippen molar-refractivity contribution in [1.82, 2.24) is 0 Å². The van der Waals surface area contributed by atoms with E-state index in [0.717, 1.165) is 29.4 Å². The standard InChI is InChI=1S/C18H14O4/c1-11(17(19)22-18(20)21-2)16-14-9-5-3-7-12(14)13-8-4-6-10-15(13)16/h3-10,16H,1H2,2H3. The van der Waals surface area contributed by atoms with Crippen molar-refractivity contribution in [2.45, 2.75) is 5.92 Å². The third-order valence-electron chi connectivity index (χ3n) is 3.79. The molecule has 2 aromatic rings. The number of rotatable bonds is 2. The highest BCUT2D eigenvalue weighted by Crippen LogP contribution is 2.47.